The molecule has 0 atom stereocenters. The van der Waals surface area contributed by atoms with E-state index in [1.54, 1.807) is 18.2 Å². The molecule has 3 aromatic rings. The summed E-state index contributed by atoms with van der Waals surface area (Å²) in [5.41, 5.74) is 1.34. The predicted octanol–water partition coefficient (Wildman–Crippen LogP) is 4.56. The van der Waals surface area contributed by atoms with Crippen molar-refractivity contribution in [2.45, 2.75) is 0 Å². The smallest absolute Gasteiger partial charge is 0.338 e. The van der Waals surface area contributed by atoms with Gasteiger partial charge in [-0.15, -0.1) is 11.3 Å². The normalized spacial score (nSPS) is 11.1. The van der Waals surface area contributed by atoms with Crippen molar-refractivity contribution in [3.05, 3.63) is 38.5 Å². The standard InChI is InChI=1S/C12H5Cl2NO3S/c13-8-4-6(10(14)19-8)11-15-9-5(12(16)17)2-1-3-7(9)18-11/h1-4H,(H,16,17). The Morgan fingerprint density at radius 2 is 2.16 bits per heavy atom. The zero-order valence-electron chi connectivity index (χ0n) is 9.18. The zero-order valence-corrected chi connectivity index (χ0v) is 11.5. The second kappa shape index (κ2) is 4.52. The van der Waals surface area contributed by atoms with Crippen LogP contribution in [0.25, 0.3) is 22.6 Å². The van der Waals surface area contributed by atoms with E-state index in [0.717, 1.165) is 0 Å². The molecule has 0 saturated carbocycles. The Hall–Kier alpha value is -1.56. The minimum atomic E-state index is -1.06. The van der Waals surface area contributed by atoms with Crippen molar-refractivity contribution in [2.24, 2.45) is 0 Å². The predicted molar refractivity (Wildman–Crippen MR) is 74.3 cm³/mol. The second-order valence-corrected chi connectivity index (χ2v) is 6.00. The van der Waals surface area contributed by atoms with Gasteiger partial charge in [0.05, 0.1) is 15.5 Å². The first-order valence-electron chi connectivity index (χ1n) is 5.14. The van der Waals surface area contributed by atoms with Crippen LogP contribution < -0.4 is 0 Å². The van der Waals surface area contributed by atoms with Crippen LogP contribution in [0.5, 0.6) is 0 Å². The number of rotatable bonds is 2. The van der Waals surface area contributed by atoms with Crippen molar-refractivity contribution in [1.82, 2.24) is 4.98 Å². The van der Waals surface area contributed by atoms with Crippen LogP contribution in [0.1, 0.15) is 10.4 Å². The molecule has 4 nitrogen and oxygen atoms in total. The van der Waals surface area contributed by atoms with Gasteiger partial charge in [0.2, 0.25) is 5.89 Å². The maximum absolute atomic E-state index is 11.1. The van der Waals surface area contributed by atoms with Crippen LogP contribution in [0.4, 0.5) is 0 Å². The van der Waals surface area contributed by atoms with E-state index in [4.69, 9.17) is 32.7 Å². The summed E-state index contributed by atoms with van der Waals surface area (Å²) in [6, 6.07) is 6.36. The molecule has 0 bridgehead atoms. The Morgan fingerprint density at radius 1 is 1.37 bits per heavy atom. The fraction of sp³-hybridized carbons (Fsp3) is 0. The minimum absolute atomic E-state index is 0.0879. The third kappa shape index (κ3) is 2.10. The highest BCUT2D eigenvalue weighted by molar-refractivity contribution is 7.20. The number of halogens is 2. The number of para-hydroxylation sites is 1. The van der Waals surface area contributed by atoms with Crippen LogP contribution in [0.15, 0.2) is 28.7 Å². The Bertz CT molecular complexity index is 793. The van der Waals surface area contributed by atoms with E-state index in [1.807, 2.05) is 0 Å². The molecule has 1 N–H and O–H groups in total. The first-order valence-corrected chi connectivity index (χ1v) is 6.71. The Labute approximate surface area is 121 Å². The lowest BCUT2D eigenvalue weighted by Gasteiger charge is -1.92. The molecule has 0 spiro atoms. The molecular formula is C12H5Cl2NO3S. The number of fused-ring (bicyclic) bond motifs is 1. The largest absolute Gasteiger partial charge is 0.478 e. The molecule has 7 heteroatoms. The number of carboxylic acid groups (broad SMARTS) is 1. The number of carboxylic acids is 1. The third-order valence-electron chi connectivity index (χ3n) is 2.54. The highest BCUT2D eigenvalue weighted by Gasteiger charge is 2.18. The summed E-state index contributed by atoms with van der Waals surface area (Å²) in [5.74, 6) is -0.795. The zero-order chi connectivity index (χ0) is 13.6. The van der Waals surface area contributed by atoms with Crippen molar-refractivity contribution >= 4 is 51.6 Å². The molecule has 3 rings (SSSR count). The molecule has 0 aliphatic heterocycles. The highest BCUT2D eigenvalue weighted by atomic mass is 35.5. The Balaban J connectivity index is 2.25. The molecule has 0 unspecified atom stereocenters. The number of hydrogen-bond donors (Lipinski definition) is 1. The van der Waals surface area contributed by atoms with Gasteiger partial charge in [-0.25, -0.2) is 9.78 Å². The van der Waals surface area contributed by atoms with E-state index in [1.165, 1.54) is 17.4 Å². The van der Waals surface area contributed by atoms with Gasteiger partial charge in [-0.3, -0.25) is 0 Å². The van der Waals surface area contributed by atoms with Gasteiger partial charge in [-0.2, -0.15) is 0 Å². The topological polar surface area (TPSA) is 63.3 Å². The van der Waals surface area contributed by atoms with Crippen molar-refractivity contribution in [1.29, 1.82) is 0 Å². The SMILES string of the molecule is O=C(O)c1cccc2oc(-c3cc(Cl)sc3Cl)nc12. The number of aromatic nitrogens is 1. The summed E-state index contributed by atoms with van der Waals surface area (Å²) >= 11 is 13.1. The molecule has 0 saturated heterocycles. The van der Waals surface area contributed by atoms with Crippen LogP contribution >= 0.6 is 34.5 Å². The van der Waals surface area contributed by atoms with Crippen molar-refractivity contribution < 1.29 is 14.3 Å². The van der Waals surface area contributed by atoms with E-state index in [0.29, 0.717) is 25.3 Å². The maximum Gasteiger partial charge on any atom is 0.338 e. The van der Waals surface area contributed by atoms with Crippen molar-refractivity contribution in [2.75, 3.05) is 0 Å². The lowest BCUT2D eigenvalue weighted by atomic mass is 10.2. The van der Waals surface area contributed by atoms with Crippen LogP contribution in [0.3, 0.4) is 0 Å². The average Bonchev–Trinajstić information content (AvgIpc) is 2.91. The number of benzene rings is 1. The average molecular weight is 314 g/mol. The number of carbonyl (C=O) groups is 1. The lowest BCUT2D eigenvalue weighted by molar-refractivity contribution is 0.0699. The molecule has 0 aliphatic carbocycles. The molecule has 2 aromatic heterocycles. The number of oxazole rings is 1. The van der Waals surface area contributed by atoms with E-state index in [9.17, 15) is 4.79 Å². The summed E-state index contributed by atoms with van der Waals surface area (Å²) in [6.45, 7) is 0. The van der Waals surface area contributed by atoms with E-state index in [2.05, 4.69) is 4.98 Å². The van der Waals surface area contributed by atoms with Crippen LogP contribution in [0, 0.1) is 0 Å². The van der Waals surface area contributed by atoms with Gasteiger partial charge in [-0.1, -0.05) is 29.3 Å². The van der Waals surface area contributed by atoms with E-state index in [-0.39, 0.29) is 11.5 Å². The van der Waals surface area contributed by atoms with Crippen LogP contribution in [-0.4, -0.2) is 16.1 Å². The summed E-state index contributed by atoms with van der Waals surface area (Å²) in [5, 5.41) is 9.09. The quantitative estimate of drug-likeness (QED) is 0.753. The second-order valence-electron chi connectivity index (χ2n) is 3.71. The number of thiophene rings is 1. The molecular weight excluding hydrogens is 309 g/mol. The summed E-state index contributed by atoms with van der Waals surface area (Å²) in [4.78, 5) is 15.3. The summed E-state index contributed by atoms with van der Waals surface area (Å²) in [7, 11) is 0. The number of nitrogens with zero attached hydrogens (tertiary/aromatic N) is 1. The molecule has 0 fully saturated rings. The monoisotopic (exact) mass is 313 g/mol. The summed E-state index contributed by atoms with van der Waals surface area (Å²) in [6.07, 6.45) is 0. The molecule has 0 radical (unpaired) electrons. The van der Waals surface area contributed by atoms with Gasteiger partial charge in [-0.05, 0) is 18.2 Å². The van der Waals surface area contributed by atoms with Gasteiger partial charge in [0.15, 0.2) is 5.58 Å². The van der Waals surface area contributed by atoms with Gasteiger partial charge in [0.1, 0.15) is 9.85 Å². The molecule has 96 valence electrons. The first-order chi connectivity index (χ1) is 9.06. The summed E-state index contributed by atoms with van der Waals surface area (Å²) < 4.78 is 6.50. The maximum atomic E-state index is 11.1. The molecule has 0 aliphatic rings. The minimum Gasteiger partial charge on any atom is -0.478 e. The van der Waals surface area contributed by atoms with Crippen molar-refractivity contribution in [3.8, 4) is 11.5 Å². The van der Waals surface area contributed by atoms with Gasteiger partial charge in [0, 0.05) is 0 Å². The first kappa shape index (κ1) is 12.5. The Morgan fingerprint density at radius 3 is 2.79 bits per heavy atom. The van der Waals surface area contributed by atoms with E-state index >= 15 is 0 Å². The van der Waals surface area contributed by atoms with Crippen LogP contribution in [-0.2, 0) is 0 Å². The molecule has 2 heterocycles. The molecule has 1 aromatic carbocycles. The number of hydrogen-bond acceptors (Lipinski definition) is 4. The molecule has 19 heavy (non-hydrogen) atoms. The van der Waals surface area contributed by atoms with Crippen molar-refractivity contribution in [3.63, 3.8) is 0 Å². The number of aromatic carboxylic acids is 1. The fourth-order valence-corrected chi connectivity index (χ4v) is 3.17. The lowest BCUT2D eigenvalue weighted by Crippen LogP contribution is -1.96. The fourth-order valence-electron chi connectivity index (χ4n) is 1.72. The Kier molecular flexibility index (Phi) is 2.97. The third-order valence-corrected chi connectivity index (χ3v) is 4.02. The van der Waals surface area contributed by atoms with Crippen LogP contribution in [0.2, 0.25) is 8.67 Å². The molecule has 0 amide bonds. The van der Waals surface area contributed by atoms with Gasteiger partial charge >= 0.3 is 5.97 Å². The highest BCUT2D eigenvalue weighted by Crippen LogP contribution is 2.38. The van der Waals surface area contributed by atoms with E-state index < -0.39 is 5.97 Å². The van der Waals surface area contributed by atoms with Gasteiger partial charge < -0.3 is 9.52 Å². The van der Waals surface area contributed by atoms with Gasteiger partial charge in [0.25, 0.3) is 0 Å².